The second-order valence-corrected chi connectivity index (χ2v) is 2.06. The molecule has 0 aromatic carbocycles. The highest BCUT2D eigenvalue weighted by atomic mass is 16.1. The Hall–Kier alpha value is -1.37. The highest BCUT2D eigenvalue weighted by molar-refractivity contribution is 5.79. The van der Waals surface area contributed by atoms with Crippen molar-refractivity contribution in [3.8, 4) is 0 Å². The molecule has 0 amide bonds. The molecule has 72 valence electrons. The van der Waals surface area contributed by atoms with E-state index in [1.54, 1.807) is 12.2 Å². The number of hydrogen-bond donors (Lipinski definition) is 0. The van der Waals surface area contributed by atoms with Crippen molar-refractivity contribution >= 4 is 6.29 Å². The van der Waals surface area contributed by atoms with Gasteiger partial charge in [0.2, 0.25) is 0 Å². The zero-order valence-corrected chi connectivity index (χ0v) is 8.71. The number of hydrogen-bond acceptors (Lipinski definition) is 1. The summed E-state index contributed by atoms with van der Waals surface area (Å²) in [5.41, 5.74) is 1.51. The lowest BCUT2D eigenvalue weighted by Crippen LogP contribution is -1.82. The zero-order valence-electron chi connectivity index (χ0n) is 8.71. The van der Waals surface area contributed by atoms with Crippen molar-refractivity contribution in [2.24, 2.45) is 0 Å². The van der Waals surface area contributed by atoms with Crippen LogP contribution in [0.25, 0.3) is 0 Å². The van der Waals surface area contributed by atoms with Crippen molar-refractivity contribution in [1.82, 2.24) is 0 Å². The largest absolute Gasteiger partial charge is 0.298 e. The number of rotatable bonds is 4. The number of aldehydes is 1. The van der Waals surface area contributed by atoms with Gasteiger partial charge in [0.05, 0.1) is 0 Å². The third kappa shape index (κ3) is 7.01. The van der Waals surface area contributed by atoms with Crippen molar-refractivity contribution < 1.29 is 4.79 Å². The molecule has 0 heterocycles. The van der Waals surface area contributed by atoms with Gasteiger partial charge in [0.25, 0.3) is 0 Å². The smallest absolute Gasteiger partial charge is 0.150 e. The second kappa shape index (κ2) is 10.6. The van der Waals surface area contributed by atoms with Crippen LogP contribution >= 0.6 is 0 Å². The van der Waals surface area contributed by atoms with E-state index in [0.29, 0.717) is 5.57 Å². The van der Waals surface area contributed by atoms with Crippen LogP contribution in [0.2, 0.25) is 0 Å². The molecule has 0 spiro atoms. The van der Waals surface area contributed by atoms with Crippen LogP contribution in [0.1, 0.15) is 20.8 Å². The van der Waals surface area contributed by atoms with Crippen LogP contribution in [-0.4, -0.2) is 6.29 Å². The van der Waals surface area contributed by atoms with Crippen LogP contribution in [-0.2, 0) is 4.79 Å². The van der Waals surface area contributed by atoms with Crippen molar-refractivity contribution in [3.63, 3.8) is 0 Å². The molecule has 0 fully saturated rings. The lowest BCUT2D eigenvalue weighted by Gasteiger charge is -1.92. The van der Waals surface area contributed by atoms with Gasteiger partial charge in [-0.15, -0.1) is 0 Å². The molecule has 0 unspecified atom stereocenters. The molecule has 0 rings (SSSR count). The Labute approximate surface area is 81.2 Å². The number of allylic oxidation sites excluding steroid dienone is 6. The highest BCUT2D eigenvalue weighted by Gasteiger charge is 1.90. The Bertz CT molecular complexity index is 209. The van der Waals surface area contributed by atoms with Gasteiger partial charge in [0.15, 0.2) is 0 Å². The van der Waals surface area contributed by atoms with Gasteiger partial charge in [0, 0.05) is 5.57 Å². The van der Waals surface area contributed by atoms with Crippen LogP contribution in [0, 0.1) is 0 Å². The van der Waals surface area contributed by atoms with E-state index >= 15 is 0 Å². The summed E-state index contributed by atoms with van der Waals surface area (Å²) in [7, 11) is 0. The fourth-order valence-electron chi connectivity index (χ4n) is 0.611. The summed E-state index contributed by atoms with van der Waals surface area (Å²) in [4.78, 5) is 10.4. The molecule has 0 saturated heterocycles. The molecule has 0 aliphatic heterocycles. The van der Waals surface area contributed by atoms with Gasteiger partial charge in [-0.25, -0.2) is 0 Å². The molecule has 0 aromatic rings. The SMILES string of the molecule is C=C/C=C\C(C)=C(/C=C)C=O.CC. The van der Waals surface area contributed by atoms with Gasteiger partial charge in [-0.05, 0) is 12.5 Å². The molecule has 1 heteroatoms. The molecule has 0 radical (unpaired) electrons. The first-order valence-corrected chi connectivity index (χ1v) is 4.33. The minimum absolute atomic E-state index is 0.614. The van der Waals surface area contributed by atoms with Crippen LogP contribution in [0.3, 0.4) is 0 Å². The van der Waals surface area contributed by atoms with Crippen LogP contribution in [0.4, 0.5) is 0 Å². The predicted octanol–water partition coefficient (Wildman–Crippen LogP) is 3.46. The maximum Gasteiger partial charge on any atom is 0.150 e. The summed E-state index contributed by atoms with van der Waals surface area (Å²) in [5, 5.41) is 0. The first-order chi connectivity index (χ1) is 6.26. The lowest BCUT2D eigenvalue weighted by atomic mass is 10.1. The highest BCUT2D eigenvalue weighted by Crippen LogP contribution is 2.03. The third-order valence-electron chi connectivity index (χ3n) is 1.28. The molecule has 0 aliphatic carbocycles. The average Bonchev–Trinajstić information content (AvgIpc) is 2.19. The molecule has 0 aromatic heterocycles. The van der Waals surface area contributed by atoms with E-state index < -0.39 is 0 Å². The summed E-state index contributed by atoms with van der Waals surface area (Å²) in [6.45, 7) is 12.9. The van der Waals surface area contributed by atoms with Gasteiger partial charge < -0.3 is 0 Å². The average molecular weight is 178 g/mol. The Morgan fingerprint density at radius 2 is 1.77 bits per heavy atom. The monoisotopic (exact) mass is 178 g/mol. The quantitative estimate of drug-likeness (QED) is 0.366. The standard InChI is InChI=1S/C10H12O.C2H6/c1-4-6-7-9(3)10(5-2)8-11;1-2/h4-8H,1-2H2,3H3;1-2H3/b7-6-,10-9+;. The van der Waals surface area contributed by atoms with Gasteiger partial charge in [-0.1, -0.05) is 51.3 Å². The molecule has 0 bridgehead atoms. The van der Waals surface area contributed by atoms with E-state index in [-0.39, 0.29) is 0 Å². The molecule has 0 atom stereocenters. The zero-order chi connectivity index (χ0) is 10.7. The summed E-state index contributed by atoms with van der Waals surface area (Å²) >= 11 is 0. The van der Waals surface area contributed by atoms with Gasteiger partial charge >= 0.3 is 0 Å². The Kier molecular flexibility index (Phi) is 11.6. The predicted molar refractivity (Wildman–Crippen MR) is 59.6 cm³/mol. The molecular formula is C12H18O. The van der Waals surface area contributed by atoms with Gasteiger partial charge in [0.1, 0.15) is 6.29 Å². The summed E-state index contributed by atoms with van der Waals surface area (Å²) in [6.07, 6.45) is 7.58. The molecule has 1 nitrogen and oxygen atoms in total. The molecule has 0 saturated carbocycles. The minimum Gasteiger partial charge on any atom is -0.298 e. The third-order valence-corrected chi connectivity index (χ3v) is 1.28. The fraction of sp³-hybridized carbons (Fsp3) is 0.250. The van der Waals surface area contributed by atoms with Gasteiger partial charge in [-0.2, -0.15) is 0 Å². The van der Waals surface area contributed by atoms with Crippen molar-refractivity contribution in [2.45, 2.75) is 20.8 Å². The maximum atomic E-state index is 10.4. The van der Waals surface area contributed by atoms with Crippen molar-refractivity contribution in [1.29, 1.82) is 0 Å². The normalized spacial score (nSPS) is 11.0. The number of carbonyl (C=O) groups is 1. The Morgan fingerprint density at radius 3 is 2.08 bits per heavy atom. The van der Waals surface area contributed by atoms with Crippen LogP contribution < -0.4 is 0 Å². The first kappa shape index (κ1) is 14.2. The van der Waals surface area contributed by atoms with E-state index in [0.717, 1.165) is 11.9 Å². The lowest BCUT2D eigenvalue weighted by molar-refractivity contribution is -0.104. The van der Waals surface area contributed by atoms with Crippen LogP contribution in [0.15, 0.2) is 48.6 Å². The first-order valence-electron chi connectivity index (χ1n) is 4.33. The maximum absolute atomic E-state index is 10.4. The summed E-state index contributed by atoms with van der Waals surface area (Å²) < 4.78 is 0. The van der Waals surface area contributed by atoms with Crippen molar-refractivity contribution in [3.05, 3.63) is 48.6 Å². The van der Waals surface area contributed by atoms with Crippen LogP contribution in [0.5, 0.6) is 0 Å². The number of carbonyl (C=O) groups excluding carboxylic acids is 1. The van der Waals surface area contributed by atoms with Gasteiger partial charge in [-0.3, -0.25) is 4.79 Å². The summed E-state index contributed by atoms with van der Waals surface area (Å²) in [6, 6.07) is 0. The molecular weight excluding hydrogens is 160 g/mol. The molecule has 0 aliphatic rings. The molecule has 13 heavy (non-hydrogen) atoms. The Morgan fingerprint density at radius 1 is 1.23 bits per heavy atom. The minimum atomic E-state index is 0.614. The topological polar surface area (TPSA) is 17.1 Å². The van der Waals surface area contributed by atoms with E-state index in [1.807, 2.05) is 26.8 Å². The van der Waals surface area contributed by atoms with E-state index in [4.69, 9.17) is 0 Å². The Balaban J connectivity index is 0. The molecule has 0 N–H and O–H groups in total. The van der Waals surface area contributed by atoms with Crippen molar-refractivity contribution in [2.75, 3.05) is 0 Å². The van der Waals surface area contributed by atoms with E-state index in [9.17, 15) is 4.79 Å². The second-order valence-electron chi connectivity index (χ2n) is 2.06. The van der Waals surface area contributed by atoms with E-state index in [1.165, 1.54) is 6.08 Å². The van der Waals surface area contributed by atoms with E-state index in [2.05, 4.69) is 13.2 Å². The summed E-state index contributed by atoms with van der Waals surface area (Å²) in [5.74, 6) is 0. The fourth-order valence-corrected chi connectivity index (χ4v) is 0.611.